The Labute approximate surface area is 155 Å². The summed E-state index contributed by atoms with van der Waals surface area (Å²) in [5, 5.41) is 1.58. The molecule has 4 rings (SSSR count). The molecule has 1 aliphatic heterocycles. The fourth-order valence-corrected chi connectivity index (χ4v) is 4.10. The van der Waals surface area contributed by atoms with Crippen LogP contribution < -0.4 is 4.90 Å². The molecule has 7 heteroatoms. The first-order chi connectivity index (χ1) is 12.2. The minimum absolute atomic E-state index is 0.700. The number of morpholine rings is 1. The molecule has 1 N–H and O–H groups in total. The van der Waals surface area contributed by atoms with Crippen LogP contribution in [0, 0.1) is 6.92 Å². The third-order valence-corrected chi connectivity index (χ3v) is 5.52. The average molecular weight is 375 g/mol. The summed E-state index contributed by atoms with van der Waals surface area (Å²) in [6, 6.07) is 7.79. The number of H-pyrrole nitrogens is 1. The smallest absolute Gasteiger partial charge is 0.166 e. The quantitative estimate of drug-likeness (QED) is 0.698. The van der Waals surface area contributed by atoms with Gasteiger partial charge in [-0.15, -0.1) is 0 Å². The number of halogens is 1. The van der Waals surface area contributed by atoms with Crippen LogP contribution in [0.25, 0.3) is 11.0 Å². The highest BCUT2D eigenvalue weighted by Gasteiger charge is 2.16. The number of aromatic nitrogens is 3. The number of nitrogens with one attached hydrogen (secondary N) is 1. The molecule has 3 heterocycles. The molecule has 0 spiro atoms. The summed E-state index contributed by atoms with van der Waals surface area (Å²) >= 11 is 7.69. The Morgan fingerprint density at radius 2 is 2.12 bits per heavy atom. The van der Waals surface area contributed by atoms with E-state index in [1.54, 1.807) is 11.8 Å². The lowest BCUT2D eigenvalue weighted by atomic mass is 10.1. The Kier molecular flexibility index (Phi) is 4.83. The molecular weight excluding hydrogens is 356 g/mol. The fourth-order valence-electron chi connectivity index (χ4n) is 3.02. The summed E-state index contributed by atoms with van der Waals surface area (Å²) in [6.45, 7) is 5.58. The van der Waals surface area contributed by atoms with Crippen LogP contribution in [0.4, 0.5) is 5.69 Å². The zero-order valence-corrected chi connectivity index (χ0v) is 15.5. The monoisotopic (exact) mass is 374 g/mol. The summed E-state index contributed by atoms with van der Waals surface area (Å²) in [7, 11) is 0. The number of anilines is 1. The van der Waals surface area contributed by atoms with Gasteiger partial charge in [0, 0.05) is 35.7 Å². The van der Waals surface area contributed by atoms with E-state index in [1.165, 1.54) is 11.3 Å². The highest BCUT2D eigenvalue weighted by molar-refractivity contribution is 7.98. The molecule has 1 fully saturated rings. The molecule has 1 aliphatic rings. The van der Waals surface area contributed by atoms with Gasteiger partial charge in [0.05, 0.1) is 29.9 Å². The average Bonchev–Trinajstić information content (AvgIpc) is 3.03. The van der Waals surface area contributed by atoms with Gasteiger partial charge in [-0.05, 0) is 36.8 Å². The standard InChI is InChI=1S/C18H19ClN4OS/c1-12-16(20-5-4-17(12)23-6-8-24-9-7-23)11-25-18-21-14-3-2-13(19)10-15(14)22-18/h2-5,10H,6-9,11H2,1H3,(H,21,22). The topological polar surface area (TPSA) is 54.0 Å². The van der Waals surface area contributed by atoms with Crippen molar-refractivity contribution in [1.29, 1.82) is 0 Å². The Morgan fingerprint density at radius 3 is 2.96 bits per heavy atom. The van der Waals surface area contributed by atoms with Crippen LogP contribution in [0.3, 0.4) is 0 Å². The van der Waals surface area contributed by atoms with E-state index in [2.05, 4.69) is 32.8 Å². The van der Waals surface area contributed by atoms with Gasteiger partial charge >= 0.3 is 0 Å². The molecular formula is C18H19ClN4OS. The Bertz CT molecular complexity index is 892. The summed E-state index contributed by atoms with van der Waals surface area (Å²) in [5.41, 5.74) is 5.47. The number of hydrogen-bond acceptors (Lipinski definition) is 5. The van der Waals surface area contributed by atoms with Gasteiger partial charge in [-0.25, -0.2) is 4.98 Å². The van der Waals surface area contributed by atoms with Gasteiger partial charge in [-0.1, -0.05) is 23.4 Å². The van der Waals surface area contributed by atoms with Crippen LogP contribution in [-0.2, 0) is 10.5 Å². The highest BCUT2D eigenvalue weighted by Crippen LogP contribution is 2.28. The molecule has 25 heavy (non-hydrogen) atoms. The zero-order chi connectivity index (χ0) is 17.2. The lowest BCUT2D eigenvalue weighted by Gasteiger charge is -2.30. The first kappa shape index (κ1) is 16.7. The van der Waals surface area contributed by atoms with Gasteiger partial charge in [-0.2, -0.15) is 0 Å². The largest absolute Gasteiger partial charge is 0.378 e. The van der Waals surface area contributed by atoms with Crippen molar-refractivity contribution in [2.45, 2.75) is 17.8 Å². The number of ether oxygens (including phenoxy) is 1. The molecule has 3 aromatic rings. The van der Waals surface area contributed by atoms with Crippen molar-refractivity contribution in [2.24, 2.45) is 0 Å². The van der Waals surface area contributed by atoms with Gasteiger partial charge in [-0.3, -0.25) is 4.98 Å². The van der Waals surface area contributed by atoms with E-state index in [4.69, 9.17) is 16.3 Å². The number of benzene rings is 1. The summed E-state index contributed by atoms with van der Waals surface area (Å²) in [6.07, 6.45) is 1.89. The predicted molar refractivity (Wildman–Crippen MR) is 103 cm³/mol. The molecule has 0 saturated carbocycles. The van der Waals surface area contributed by atoms with Crippen molar-refractivity contribution in [2.75, 3.05) is 31.2 Å². The number of fused-ring (bicyclic) bond motifs is 1. The fraction of sp³-hybridized carbons (Fsp3) is 0.333. The van der Waals surface area contributed by atoms with Gasteiger partial charge in [0.15, 0.2) is 5.16 Å². The second-order valence-electron chi connectivity index (χ2n) is 5.99. The van der Waals surface area contributed by atoms with Crippen molar-refractivity contribution in [1.82, 2.24) is 15.0 Å². The van der Waals surface area contributed by atoms with E-state index in [0.717, 1.165) is 53.9 Å². The predicted octanol–water partition coefficient (Wildman–Crippen LogP) is 4.05. The number of rotatable bonds is 4. The maximum Gasteiger partial charge on any atom is 0.166 e. The maximum absolute atomic E-state index is 6.03. The van der Waals surface area contributed by atoms with Crippen LogP contribution in [0.15, 0.2) is 35.6 Å². The Hall–Kier alpha value is -1.76. The second-order valence-corrected chi connectivity index (χ2v) is 7.39. The molecule has 0 amide bonds. The van der Waals surface area contributed by atoms with Crippen LogP contribution in [0.2, 0.25) is 5.02 Å². The van der Waals surface area contributed by atoms with Crippen LogP contribution in [-0.4, -0.2) is 41.3 Å². The summed E-state index contributed by atoms with van der Waals surface area (Å²) in [4.78, 5) is 14.9. The van der Waals surface area contributed by atoms with Gasteiger partial charge in [0.25, 0.3) is 0 Å². The lowest BCUT2D eigenvalue weighted by Crippen LogP contribution is -2.36. The molecule has 130 valence electrons. The molecule has 2 aromatic heterocycles. The molecule has 0 aliphatic carbocycles. The van der Waals surface area contributed by atoms with Crippen molar-refractivity contribution >= 4 is 40.1 Å². The van der Waals surface area contributed by atoms with Crippen LogP contribution in [0.5, 0.6) is 0 Å². The normalized spacial score (nSPS) is 15.0. The minimum atomic E-state index is 0.700. The highest BCUT2D eigenvalue weighted by atomic mass is 35.5. The van der Waals surface area contributed by atoms with E-state index < -0.39 is 0 Å². The van der Waals surface area contributed by atoms with Crippen LogP contribution >= 0.6 is 23.4 Å². The number of pyridine rings is 1. The van der Waals surface area contributed by atoms with Crippen LogP contribution in [0.1, 0.15) is 11.3 Å². The van der Waals surface area contributed by atoms with Gasteiger partial charge in [0.2, 0.25) is 0 Å². The third kappa shape index (κ3) is 3.61. The molecule has 0 unspecified atom stereocenters. The molecule has 1 saturated heterocycles. The number of imidazole rings is 1. The summed E-state index contributed by atoms with van der Waals surface area (Å²) < 4.78 is 5.45. The molecule has 1 aromatic carbocycles. The van der Waals surface area contributed by atoms with Gasteiger partial charge in [0.1, 0.15) is 0 Å². The van der Waals surface area contributed by atoms with Crippen molar-refractivity contribution in [3.63, 3.8) is 0 Å². The first-order valence-corrected chi connectivity index (χ1v) is 9.62. The Balaban J connectivity index is 1.51. The maximum atomic E-state index is 6.03. The molecule has 0 bridgehead atoms. The molecule has 0 atom stereocenters. The first-order valence-electron chi connectivity index (χ1n) is 8.26. The second kappa shape index (κ2) is 7.23. The van der Waals surface area contributed by atoms with Crippen molar-refractivity contribution < 1.29 is 4.74 Å². The van der Waals surface area contributed by atoms with Crippen molar-refractivity contribution in [3.8, 4) is 0 Å². The molecule has 5 nitrogen and oxygen atoms in total. The number of aromatic amines is 1. The SMILES string of the molecule is Cc1c(N2CCOCC2)ccnc1CSc1nc2cc(Cl)ccc2[nH]1. The number of hydrogen-bond donors (Lipinski definition) is 1. The number of nitrogens with zero attached hydrogens (tertiary/aromatic N) is 3. The third-order valence-electron chi connectivity index (χ3n) is 4.40. The molecule has 0 radical (unpaired) electrons. The van der Waals surface area contributed by atoms with Gasteiger partial charge < -0.3 is 14.6 Å². The Morgan fingerprint density at radius 1 is 1.28 bits per heavy atom. The van der Waals surface area contributed by atoms with E-state index >= 15 is 0 Å². The van der Waals surface area contributed by atoms with E-state index in [1.807, 2.05) is 24.4 Å². The number of thioether (sulfide) groups is 1. The van der Waals surface area contributed by atoms with E-state index in [9.17, 15) is 0 Å². The summed E-state index contributed by atoms with van der Waals surface area (Å²) in [5.74, 6) is 0.775. The van der Waals surface area contributed by atoms with Crippen molar-refractivity contribution in [3.05, 3.63) is 46.7 Å². The zero-order valence-electron chi connectivity index (χ0n) is 14.0. The van der Waals surface area contributed by atoms with E-state index in [0.29, 0.717) is 5.02 Å². The minimum Gasteiger partial charge on any atom is -0.378 e. The lowest BCUT2D eigenvalue weighted by molar-refractivity contribution is 0.122. The van der Waals surface area contributed by atoms with E-state index in [-0.39, 0.29) is 0 Å².